The van der Waals surface area contributed by atoms with Crippen LogP contribution in [0.2, 0.25) is 0 Å². The van der Waals surface area contributed by atoms with Crippen LogP contribution in [0.3, 0.4) is 0 Å². The molecule has 5 heteroatoms. The number of fused-ring (bicyclic) bond motifs is 1. The van der Waals surface area contributed by atoms with Crippen LogP contribution in [0.4, 0.5) is 10.1 Å². The van der Waals surface area contributed by atoms with E-state index in [0.717, 1.165) is 49.7 Å². The second-order valence-electron chi connectivity index (χ2n) is 5.37. The van der Waals surface area contributed by atoms with Crippen molar-refractivity contribution in [2.24, 2.45) is 0 Å². The highest BCUT2D eigenvalue weighted by Crippen LogP contribution is 2.26. The van der Waals surface area contributed by atoms with Crippen LogP contribution in [0.15, 0.2) is 30.6 Å². The zero-order valence-corrected chi connectivity index (χ0v) is 12.3. The van der Waals surface area contributed by atoms with Gasteiger partial charge in [-0.3, -0.25) is 0 Å². The van der Waals surface area contributed by atoms with Crippen molar-refractivity contribution in [3.05, 3.63) is 47.8 Å². The first kappa shape index (κ1) is 14.1. The summed E-state index contributed by atoms with van der Waals surface area (Å²) in [6.07, 6.45) is 4.88. The largest absolute Gasteiger partial charge is 0.362 e. The molecule has 0 aliphatic carbocycles. The summed E-state index contributed by atoms with van der Waals surface area (Å²) < 4.78 is 16.3. The Morgan fingerprint density at radius 3 is 3.10 bits per heavy atom. The van der Waals surface area contributed by atoms with Gasteiger partial charge in [-0.15, -0.1) is 0 Å². The summed E-state index contributed by atoms with van der Waals surface area (Å²) in [5, 5.41) is 3.30. The lowest BCUT2D eigenvalue weighted by Crippen LogP contribution is -2.34. The van der Waals surface area contributed by atoms with E-state index >= 15 is 0 Å². The first-order chi connectivity index (χ1) is 10.3. The molecule has 0 atom stereocenters. The minimum absolute atomic E-state index is 0.134. The molecule has 21 heavy (non-hydrogen) atoms. The lowest BCUT2D eigenvalue weighted by Gasteiger charge is -2.31. The van der Waals surface area contributed by atoms with E-state index in [4.69, 9.17) is 0 Å². The Morgan fingerprint density at radius 1 is 1.33 bits per heavy atom. The van der Waals surface area contributed by atoms with Gasteiger partial charge in [0.15, 0.2) is 0 Å². The number of nitrogens with zero attached hydrogens (tertiary/aromatic N) is 3. The van der Waals surface area contributed by atoms with Gasteiger partial charge in [-0.2, -0.15) is 0 Å². The predicted octanol–water partition coefficient (Wildman–Crippen LogP) is 2.54. The van der Waals surface area contributed by atoms with Gasteiger partial charge in [0.25, 0.3) is 0 Å². The Balaban J connectivity index is 1.83. The molecular formula is C16H21FN4. The van der Waals surface area contributed by atoms with Crippen LogP contribution < -0.4 is 10.2 Å². The van der Waals surface area contributed by atoms with E-state index < -0.39 is 0 Å². The van der Waals surface area contributed by atoms with Crippen molar-refractivity contribution in [2.45, 2.75) is 33.0 Å². The normalized spacial score (nSPS) is 14.3. The molecule has 0 spiro atoms. The van der Waals surface area contributed by atoms with Gasteiger partial charge >= 0.3 is 0 Å². The lowest BCUT2D eigenvalue weighted by atomic mass is 10.1. The first-order valence-corrected chi connectivity index (χ1v) is 7.52. The van der Waals surface area contributed by atoms with Crippen molar-refractivity contribution in [3.8, 4) is 0 Å². The molecule has 0 unspecified atom stereocenters. The summed E-state index contributed by atoms with van der Waals surface area (Å²) in [4.78, 5) is 6.59. The maximum absolute atomic E-state index is 14.2. The summed E-state index contributed by atoms with van der Waals surface area (Å²) in [5.41, 5.74) is 1.74. The summed E-state index contributed by atoms with van der Waals surface area (Å²) in [5.74, 6) is 0.906. The minimum atomic E-state index is -0.134. The molecule has 0 amide bonds. The summed E-state index contributed by atoms with van der Waals surface area (Å²) >= 11 is 0. The average Bonchev–Trinajstić information content (AvgIpc) is 2.96. The van der Waals surface area contributed by atoms with Crippen LogP contribution in [0.25, 0.3) is 0 Å². The van der Waals surface area contributed by atoms with Crippen LogP contribution in [-0.4, -0.2) is 22.6 Å². The standard InChI is InChI=1S/C16H21FN4/c1-2-6-18-11-13-14(17)4-3-5-15(13)21-10-9-20-8-7-19-16(20)12-21/h3-5,7-8,18H,2,6,9-12H2,1H3. The van der Waals surface area contributed by atoms with Crippen LogP contribution in [0, 0.1) is 5.82 Å². The van der Waals surface area contributed by atoms with E-state index in [2.05, 4.69) is 26.7 Å². The number of hydrogen-bond donors (Lipinski definition) is 1. The van der Waals surface area contributed by atoms with Crippen molar-refractivity contribution in [1.29, 1.82) is 0 Å². The first-order valence-electron chi connectivity index (χ1n) is 7.52. The maximum Gasteiger partial charge on any atom is 0.129 e. The minimum Gasteiger partial charge on any atom is -0.362 e. The molecule has 3 rings (SSSR count). The number of rotatable bonds is 5. The van der Waals surface area contributed by atoms with Crippen LogP contribution in [0.5, 0.6) is 0 Å². The third-order valence-corrected chi connectivity index (χ3v) is 3.91. The second-order valence-corrected chi connectivity index (χ2v) is 5.37. The molecule has 112 valence electrons. The molecule has 0 bridgehead atoms. The molecule has 0 saturated heterocycles. The lowest BCUT2D eigenvalue weighted by molar-refractivity contribution is 0.548. The number of imidazole rings is 1. The Kier molecular flexibility index (Phi) is 4.20. The van der Waals surface area contributed by atoms with Crippen molar-refractivity contribution in [2.75, 3.05) is 18.0 Å². The van der Waals surface area contributed by atoms with Gasteiger partial charge in [0.05, 0.1) is 6.54 Å². The highest BCUT2D eigenvalue weighted by Gasteiger charge is 2.20. The fourth-order valence-corrected chi connectivity index (χ4v) is 2.79. The molecule has 0 fully saturated rings. The van der Waals surface area contributed by atoms with Crippen molar-refractivity contribution in [3.63, 3.8) is 0 Å². The number of hydrogen-bond acceptors (Lipinski definition) is 3. The summed E-state index contributed by atoms with van der Waals surface area (Å²) in [7, 11) is 0. The number of halogens is 1. The molecular weight excluding hydrogens is 267 g/mol. The van der Waals surface area contributed by atoms with Gasteiger partial charge in [0.2, 0.25) is 0 Å². The molecule has 4 nitrogen and oxygen atoms in total. The van der Waals surface area contributed by atoms with Crippen molar-refractivity contribution < 1.29 is 4.39 Å². The van der Waals surface area contributed by atoms with E-state index in [-0.39, 0.29) is 5.82 Å². The van der Waals surface area contributed by atoms with E-state index in [1.807, 2.05) is 18.5 Å². The fraction of sp³-hybridized carbons (Fsp3) is 0.438. The van der Waals surface area contributed by atoms with E-state index in [1.54, 1.807) is 6.07 Å². The second kappa shape index (κ2) is 6.26. The quantitative estimate of drug-likeness (QED) is 0.858. The molecule has 0 saturated carbocycles. The van der Waals surface area contributed by atoms with Crippen molar-refractivity contribution in [1.82, 2.24) is 14.9 Å². The van der Waals surface area contributed by atoms with Crippen LogP contribution in [0.1, 0.15) is 24.7 Å². The van der Waals surface area contributed by atoms with E-state index in [1.165, 1.54) is 6.07 Å². The molecule has 1 aliphatic heterocycles. The maximum atomic E-state index is 14.2. The van der Waals surface area contributed by atoms with Gasteiger partial charge in [-0.1, -0.05) is 13.0 Å². The van der Waals surface area contributed by atoms with Gasteiger partial charge in [0.1, 0.15) is 11.6 Å². The monoisotopic (exact) mass is 288 g/mol. The molecule has 2 aromatic rings. The topological polar surface area (TPSA) is 33.1 Å². The average molecular weight is 288 g/mol. The molecule has 1 aromatic carbocycles. The number of benzene rings is 1. The smallest absolute Gasteiger partial charge is 0.129 e. The molecule has 2 heterocycles. The number of nitrogens with one attached hydrogen (secondary N) is 1. The third-order valence-electron chi connectivity index (χ3n) is 3.91. The highest BCUT2D eigenvalue weighted by molar-refractivity contribution is 5.54. The van der Waals surface area contributed by atoms with Gasteiger partial charge in [0, 0.05) is 43.3 Å². The summed E-state index contributed by atoms with van der Waals surface area (Å²) in [6.45, 7) is 6.09. The van der Waals surface area contributed by atoms with Crippen molar-refractivity contribution >= 4 is 5.69 Å². The predicted molar refractivity (Wildman–Crippen MR) is 81.7 cm³/mol. The Morgan fingerprint density at radius 2 is 2.24 bits per heavy atom. The highest BCUT2D eigenvalue weighted by atomic mass is 19.1. The molecule has 1 aliphatic rings. The third kappa shape index (κ3) is 2.93. The molecule has 0 radical (unpaired) electrons. The van der Waals surface area contributed by atoms with Crippen LogP contribution >= 0.6 is 0 Å². The van der Waals surface area contributed by atoms with E-state index in [9.17, 15) is 4.39 Å². The Labute approximate surface area is 124 Å². The zero-order valence-electron chi connectivity index (χ0n) is 12.3. The van der Waals surface area contributed by atoms with Crippen LogP contribution in [-0.2, 0) is 19.6 Å². The molecule has 1 aromatic heterocycles. The Hall–Kier alpha value is -1.88. The summed E-state index contributed by atoms with van der Waals surface area (Å²) in [6, 6.07) is 5.33. The van der Waals surface area contributed by atoms with Gasteiger partial charge < -0.3 is 14.8 Å². The van der Waals surface area contributed by atoms with E-state index in [0.29, 0.717) is 6.54 Å². The van der Waals surface area contributed by atoms with Gasteiger partial charge in [-0.05, 0) is 25.1 Å². The molecule has 1 N–H and O–H groups in total. The SMILES string of the molecule is CCCNCc1c(F)cccc1N1CCn2ccnc2C1. The number of anilines is 1. The zero-order chi connectivity index (χ0) is 14.7. The fourth-order valence-electron chi connectivity index (χ4n) is 2.79. The Bertz CT molecular complexity index is 608. The van der Waals surface area contributed by atoms with Gasteiger partial charge in [-0.25, -0.2) is 9.37 Å². The number of aromatic nitrogens is 2.